The molecule has 2 N–H and O–H groups in total. The van der Waals surface area contributed by atoms with Crippen molar-refractivity contribution in [2.45, 2.75) is 11.3 Å². The zero-order chi connectivity index (χ0) is 18.3. The number of nitrogens with one attached hydrogen (secondary N) is 2. The van der Waals surface area contributed by atoms with Crippen LogP contribution in [0.3, 0.4) is 0 Å². The van der Waals surface area contributed by atoms with Gasteiger partial charge in [-0.1, -0.05) is 12.1 Å². The molecule has 0 saturated heterocycles. The first kappa shape index (κ1) is 19.0. The predicted octanol–water partition coefficient (Wildman–Crippen LogP) is 2.39. The molecule has 0 heterocycles. The molecule has 25 heavy (non-hydrogen) atoms. The van der Waals surface area contributed by atoms with Crippen LogP contribution < -0.4 is 10.0 Å². The number of hydrogen-bond donors (Lipinski definition) is 2. The number of carbonyl (C=O) groups excluding carboxylic acids is 1. The lowest BCUT2D eigenvalue weighted by Gasteiger charge is -2.09. The van der Waals surface area contributed by atoms with E-state index >= 15 is 0 Å². The molecule has 0 aliphatic carbocycles. The van der Waals surface area contributed by atoms with Crippen molar-refractivity contribution >= 4 is 21.6 Å². The van der Waals surface area contributed by atoms with Gasteiger partial charge in [-0.25, -0.2) is 17.5 Å². The molecule has 0 aliphatic rings. The van der Waals surface area contributed by atoms with Gasteiger partial charge < -0.3 is 10.1 Å². The number of ether oxygens (including phenoxy) is 1. The minimum atomic E-state index is -3.62. The Kier molecular flexibility index (Phi) is 6.63. The summed E-state index contributed by atoms with van der Waals surface area (Å²) in [7, 11) is -2.08. The van der Waals surface area contributed by atoms with E-state index < -0.39 is 21.7 Å². The summed E-state index contributed by atoms with van der Waals surface area (Å²) < 4.78 is 45.1. The number of anilines is 1. The van der Waals surface area contributed by atoms with Gasteiger partial charge in [0.15, 0.2) is 0 Å². The number of halogens is 1. The summed E-state index contributed by atoms with van der Waals surface area (Å²) in [6.45, 7) is 0.728. The second kappa shape index (κ2) is 8.70. The van der Waals surface area contributed by atoms with Gasteiger partial charge in [-0.05, 0) is 42.8 Å². The van der Waals surface area contributed by atoms with Crippen LogP contribution in [0.15, 0.2) is 53.4 Å². The van der Waals surface area contributed by atoms with Crippen molar-refractivity contribution in [3.05, 3.63) is 59.9 Å². The predicted molar refractivity (Wildman–Crippen MR) is 92.5 cm³/mol. The van der Waals surface area contributed by atoms with Gasteiger partial charge >= 0.3 is 0 Å². The first-order chi connectivity index (χ1) is 11.9. The van der Waals surface area contributed by atoms with Gasteiger partial charge in [0.2, 0.25) is 10.0 Å². The maximum absolute atomic E-state index is 13.6. The van der Waals surface area contributed by atoms with Crippen molar-refractivity contribution < 1.29 is 22.3 Å². The Morgan fingerprint density at radius 3 is 2.44 bits per heavy atom. The lowest BCUT2D eigenvalue weighted by Crippen LogP contribution is -2.25. The van der Waals surface area contributed by atoms with Crippen molar-refractivity contribution in [1.82, 2.24) is 4.72 Å². The molecule has 2 aromatic rings. The molecule has 0 aromatic heterocycles. The molecule has 0 aliphatic heterocycles. The van der Waals surface area contributed by atoms with Gasteiger partial charge in [0.25, 0.3) is 5.91 Å². The van der Waals surface area contributed by atoms with Crippen molar-refractivity contribution in [3.8, 4) is 0 Å². The Bertz CT molecular complexity index is 823. The molecule has 0 fully saturated rings. The first-order valence-electron chi connectivity index (χ1n) is 7.58. The molecule has 0 spiro atoms. The molecule has 0 radical (unpaired) electrons. The number of sulfonamides is 1. The maximum Gasteiger partial charge on any atom is 0.258 e. The van der Waals surface area contributed by atoms with Crippen LogP contribution in [0, 0.1) is 5.82 Å². The fourth-order valence-electron chi connectivity index (χ4n) is 2.07. The zero-order valence-corrected chi connectivity index (χ0v) is 14.5. The van der Waals surface area contributed by atoms with Crippen molar-refractivity contribution in [2.75, 3.05) is 25.6 Å². The first-order valence-corrected chi connectivity index (χ1v) is 9.07. The minimum Gasteiger partial charge on any atom is -0.385 e. The van der Waals surface area contributed by atoms with Crippen LogP contribution in [0.5, 0.6) is 0 Å². The number of amides is 1. The van der Waals surface area contributed by atoms with Crippen molar-refractivity contribution in [2.24, 2.45) is 0 Å². The second-order valence-corrected chi connectivity index (χ2v) is 6.97. The fourth-order valence-corrected chi connectivity index (χ4v) is 3.14. The van der Waals surface area contributed by atoms with Crippen LogP contribution in [0.25, 0.3) is 0 Å². The van der Waals surface area contributed by atoms with Crippen LogP contribution in [0.2, 0.25) is 0 Å². The Balaban J connectivity index is 2.02. The van der Waals surface area contributed by atoms with E-state index in [1.165, 1.54) is 42.5 Å². The molecule has 0 saturated carbocycles. The number of benzene rings is 2. The summed E-state index contributed by atoms with van der Waals surface area (Å²) >= 11 is 0. The molecule has 134 valence electrons. The van der Waals surface area contributed by atoms with E-state index in [9.17, 15) is 17.6 Å². The number of hydrogen-bond acceptors (Lipinski definition) is 4. The van der Waals surface area contributed by atoms with Crippen LogP contribution in [-0.4, -0.2) is 34.6 Å². The van der Waals surface area contributed by atoms with Crippen LogP contribution in [0.4, 0.5) is 10.1 Å². The Morgan fingerprint density at radius 1 is 1.12 bits per heavy atom. The van der Waals surface area contributed by atoms with Crippen LogP contribution >= 0.6 is 0 Å². The van der Waals surface area contributed by atoms with E-state index in [4.69, 9.17) is 4.74 Å². The average molecular weight is 366 g/mol. The molecule has 8 heteroatoms. The molecule has 0 unspecified atom stereocenters. The summed E-state index contributed by atoms with van der Waals surface area (Å²) in [4.78, 5) is 12.1. The van der Waals surface area contributed by atoms with Gasteiger partial charge in [-0.2, -0.15) is 0 Å². The second-order valence-electron chi connectivity index (χ2n) is 5.20. The molecule has 1 amide bonds. The normalized spacial score (nSPS) is 11.3. The third-order valence-corrected chi connectivity index (χ3v) is 4.84. The third-order valence-electron chi connectivity index (χ3n) is 3.36. The largest absolute Gasteiger partial charge is 0.385 e. The highest BCUT2D eigenvalue weighted by Crippen LogP contribution is 2.16. The minimum absolute atomic E-state index is 0.0776. The monoisotopic (exact) mass is 366 g/mol. The zero-order valence-electron chi connectivity index (χ0n) is 13.7. The van der Waals surface area contributed by atoms with E-state index in [1.807, 2.05) is 0 Å². The molecule has 0 bridgehead atoms. The highest BCUT2D eigenvalue weighted by Gasteiger charge is 2.14. The highest BCUT2D eigenvalue weighted by atomic mass is 32.2. The quantitative estimate of drug-likeness (QED) is 0.703. The summed E-state index contributed by atoms with van der Waals surface area (Å²) in [5.41, 5.74) is 0.283. The topological polar surface area (TPSA) is 84.5 Å². The Hall–Kier alpha value is -2.29. The molecule has 2 rings (SSSR count). The maximum atomic E-state index is 13.6. The SMILES string of the molecule is COCCCNS(=O)(=O)c1ccc(NC(=O)c2ccccc2F)cc1. The van der Waals surface area contributed by atoms with Crippen LogP contribution in [-0.2, 0) is 14.8 Å². The third kappa shape index (κ3) is 5.35. The van der Waals surface area contributed by atoms with Gasteiger partial charge in [-0.3, -0.25) is 4.79 Å². The van der Waals surface area contributed by atoms with E-state index in [0.29, 0.717) is 18.7 Å². The smallest absolute Gasteiger partial charge is 0.258 e. The Morgan fingerprint density at radius 2 is 1.80 bits per heavy atom. The van der Waals surface area contributed by atoms with Gasteiger partial charge in [0.1, 0.15) is 5.82 Å². The summed E-state index contributed by atoms with van der Waals surface area (Å²) in [6, 6.07) is 11.2. The number of methoxy groups -OCH3 is 1. The van der Waals surface area contributed by atoms with E-state index in [0.717, 1.165) is 0 Å². The van der Waals surface area contributed by atoms with Crippen LogP contribution in [0.1, 0.15) is 16.8 Å². The van der Waals surface area contributed by atoms with E-state index in [2.05, 4.69) is 10.0 Å². The average Bonchev–Trinajstić information content (AvgIpc) is 2.59. The highest BCUT2D eigenvalue weighted by molar-refractivity contribution is 7.89. The van der Waals surface area contributed by atoms with Crippen molar-refractivity contribution in [1.29, 1.82) is 0 Å². The summed E-state index contributed by atoms with van der Waals surface area (Å²) in [6.07, 6.45) is 0.562. The molecule has 2 aromatic carbocycles. The van der Waals surface area contributed by atoms with Gasteiger partial charge in [0.05, 0.1) is 10.5 Å². The summed E-state index contributed by atoms with van der Waals surface area (Å²) in [5.74, 6) is -1.23. The van der Waals surface area contributed by atoms with E-state index in [-0.39, 0.29) is 17.0 Å². The van der Waals surface area contributed by atoms with E-state index in [1.54, 1.807) is 13.2 Å². The molecular weight excluding hydrogens is 347 g/mol. The Labute approximate surface area is 146 Å². The fraction of sp³-hybridized carbons (Fsp3) is 0.235. The molecular formula is C17H19FN2O4S. The standard InChI is InChI=1S/C17H19FN2O4S/c1-24-12-4-11-19-25(22,23)14-9-7-13(8-10-14)20-17(21)15-5-2-3-6-16(15)18/h2-3,5-10,19H,4,11-12H2,1H3,(H,20,21). The molecule has 0 atom stereocenters. The molecule has 6 nitrogen and oxygen atoms in total. The lowest BCUT2D eigenvalue weighted by molar-refractivity contribution is 0.102. The number of carbonyl (C=O) groups is 1. The van der Waals surface area contributed by atoms with Gasteiger partial charge in [-0.15, -0.1) is 0 Å². The van der Waals surface area contributed by atoms with Gasteiger partial charge in [0, 0.05) is 25.9 Å². The van der Waals surface area contributed by atoms with Crippen molar-refractivity contribution in [3.63, 3.8) is 0 Å². The number of rotatable bonds is 8. The summed E-state index contributed by atoms with van der Waals surface area (Å²) in [5, 5.41) is 2.53. The lowest BCUT2D eigenvalue weighted by atomic mass is 10.2.